The number of anilines is 1. The first-order valence-electron chi connectivity index (χ1n) is 9.34. The molecule has 0 aliphatic carbocycles. The molecular formula is C22H21FN2O4. The van der Waals surface area contributed by atoms with Gasteiger partial charge in [-0.3, -0.25) is 4.79 Å². The van der Waals surface area contributed by atoms with Gasteiger partial charge in [-0.25, -0.2) is 4.39 Å². The number of piperazine rings is 1. The van der Waals surface area contributed by atoms with Crippen LogP contribution in [0.1, 0.15) is 10.6 Å². The van der Waals surface area contributed by atoms with Gasteiger partial charge in [0.1, 0.15) is 5.82 Å². The van der Waals surface area contributed by atoms with Crippen LogP contribution in [0.15, 0.2) is 65.1 Å². The molecule has 1 aliphatic rings. The van der Waals surface area contributed by atoms with Crippen molar-refractivity contribution in [2.75, 3.05) is 38.2 Å². The maximum absolute atomic E-state index is 13.1. The molecule has 1 saturated heterocycles. The van der Waals surface area contributed by atoms with Gasteiger partial charge in [0.25, 0.3) is 11.9 Å². The monoisotopic (exact) mass is 396 g/mol. The van der Waals surface area contributed by atoms with E-state index < -0.39 is 0 Å². The summed E-state index contributed by atoms with van der Waals surface area (Å²) in [5.74, 6) is 1.10. The lowest BCUT2D eigenvalue weighted by Crippen LogP contribution is -2.48. The van der Waals surface area contributed by atoms with E-state index in [1.807, 2.05) is 12.1 Å². The van der Waals surface area contributed by atoms with Crippen LogP contribution in [0, 0.1) is 5.82 Å². The molecule has 0 unspecified atom stereocenters. The van der Waals surface area contributed by atoms with Crippen LogP contribution in [0.4, 0.5) is 10.1 Å². The summed E-state index contributed by atoms with van der Waals surface area (Å²) in [7, 11) is 1.56. The zero-order chi connectivity index (χ0) is 20.2. The lowest BCUT2D eigenvalue weighted by atomic mass is 10.2. The summed E-state index contributed by atoms with van der Waals surface area (Å²) in [5.41, 5.74) is 0.948. The predicted octanol–water partition coefficient (Wildman–Crippen LogP) is 4.18. The Labute approximate surface area is 168 Å². The Balaban J connectivity index is 1.38. The fourth-order valence-electron chi connectivity index (χ4n) is 3.28. The second-order valence-electron chi connectivity index (χ2n) is 6.63. The van der Waals surface area contributed by atoms with Crippen LogP contribution >= 0.6 is 0 Å². The van der Waals surface area contributed by atoms with Gasteiger partial charge in [-0.15, -0.1) is 0 Å². The molecule has 1 fully saturated rings. The van der Waals surface area contributed by atoms with Crippen molar-refractivity contribution in [2.45, 2.75) is 0 Å². The number of carbonyl (C=O) groups is 1. The van der Waals surface area contributed by atoms with Crippen molar-refractivity contribution in [3.8, 4) is 17.4 Å². The van der Waals surface area contributed by atoms with E-state index in [2.05, 4.69) is 4.90 Å². The minimum absolute atomic E-state index is 0.182. The van der Waals surface area contributed by atoms with Crippen molar-refractivity contribution < 1.29 is 23.1 Å². The number of carbonyl (C=O) groups excluding carboxylic acids is 1. The number of methoxy groups -OCH3 is 1. The zero-order valence-electron chi connectivity index (χ0n) is 16.0. The topological polar surface area (TPSA) is 55.2 Å². The Kier molecular flexibility index (Phi) is 5.37. The lowest BCUT2D eigenvalue weighted by Gasteiger charge is -2.35. The summed E-state index contributed by atoms with van der Waals surface area (Å²) in [5, 5.41) is 0. The van der Waals surface area contributed by atoms with Crippen LogP contribution in [0.25, 0.3) is 0 Å². The fraction of sp³-hybridized carbons (Fsp3) is 0.227. The first-order valence-corrected chi connectivity index (χ1v) is 9.34. The molecule has 0 bridgehead atoms. The molecule has 7 heteroatoms. The Bertz CT molecular complexity index is 978. The van der Waals surface area contributed by atoms with Gasteiger partial charge in [-0.1, -0.05) is 12.1 Å². The number of ether oxygens (including phenoxy) is 2. The highest BCUT2D eigenvalue weighted by molar-refractivity contribution is 5.91. The second kappa shape index (κ2) is 8.26. The lowest BCUT2D eigenvalue weighted by molar-refractivity contribution is 0.0709. The van der Waals surface area contributed by atoms with Crippen molar-refractivity contribution in [3.05, 3.63) is 72.2 Å². The number of furan rings is 1. The Hall–Kier alpha value is -3.48. The molecular weight excluding hydrogens is 375 g/mol. The fourth-order valence-corrected chi connectivity index (χ4v) is 3.28. The van der Waals surface area contributed by atoms with E-state index in [1.54, 1.807) is 48.4 Å². The Morgan fingerprint density at radius 1 is 0.931 bits per heavy atom. The van der Waals surface area contributed by atoms with E-state index in [9.17, 15) is 9.18 Å². The number of hydrogen-bond acceptors (Lipinski definition) is 5. The molecule has 0 atom stereocenters. The third-order valence-electron chi connectivity index (χ3n) is 4.83. The van der Waals surface area contributed by atoms with E-state index in [0.717, 1.165) is 5.69 Å². The van der Waals surface area contributed by atoms with Crippen LogP contribution in [0.3, 0.4) is 0 Å². The molecule has 1 aliphatic heterocycles. The summed E-state index contributed by atoms with van der Waals surface area (Å²) in [6.45, 7) is 2.45. The van der Waals surface area contributed by atoms with Crippen LogP contribution in [-0.2, 0) is 0 Å². The third kappa shape index (κ3) is 4.18. The van der Waals surface area contributed by atoms with Gasteiger partial charge in [0, 0.05) is 37.9 Å². The maximum atomic E-state index is 13.1. The zero-order valence-corrected chi connectivity index (χ0v) is 16.0. The molecule has 1 amide bonds. The number of benzene rings is 2. The highest BCUT2D eigenvalue weighted by atomic mass is 19.1. The molecule has 4 rings (SSSR count). The standard InChI is InChI=1S/C22H21FN2O4/c1-27-18-4-2-3-5-19(18)28-21-11-10-20(29-21)22(26)25-14-12-24(13-15-25)17-8-6-16(23)7-9-17/h2-11H,12-15H2,1H3. The molecule has 6 nitrogen and oxygen atoms in total. The number of para-hydroxylation sites is 2. The van der Waals surface area contributed by atoms with E-state index in [-0.39, 0.29) is 23.4 Å². The van der Waals surface area contributed by atoms with Crippen LogP contribution < -0.4 is 14.4 Å². The quantitative estimate of drug-likeness (QED) is 0.648. The van der Waals surface area contributed by atoms with Gasteiger partial charge in [-0.2, -0.15) is 0 Å². The number of halogens is 1. The van der Waals surface area contributed by atoms with E-state index in [1.165, 1.54) is 12.1 Å². The van der Waals surface area contributed by atoms with E-state index >= 15 is 0 Å². The van der Waals surface area contributed by atoms with Crippen molar-refractivity contribution >= 4 is 11.6 Å². The number of nitrogens with zero attached hydrogens (tertiary/aromatic N) is 2. The molecule has 1 aromatic heterocycles. The Morgan fingerprint density at radius 3 is 2.31 bits per heavy atom. The molecule has 0 saturated carbocycles. The van der Waals surface area contributed by atoms with Crippen molar-refractivity contribution in [2.24, 2.45) is 0 Å². The molecule has 0 spiro atoms. The first-order chi connectivity index (χ1) is 14.1. The van der Waals surface area contributed by atoms with Gasteiger partial charge in [0.15, 0.2) is 17.3 Å². The van der Waals surface area contributed by atoms with Crippen LogP contribution in [0.5, 0.6) is 17.4 Å². The van der Waals surface area contributed by atoms with Crippen molar-refractivity contribution in [3.63, 3.8) is 0 Å². The molecule has 2 heterocycles. The smallest absolute Gasteiger partial charge is 0.290 e. The van der Waals surface area contributed by atoms with Crippen LogP contribution in [-0.4, -0.2) is 44.1 Å². The highest BCUT2D eigenvalue weighted by Gasteiger charge is 2.25. The van der Waals surface area contributed by atoms with Gasteiger partial charge >= 0.3 is 0 Å². The minimum Gasteiger partial charge on any atom is -0.493 e. The SMILES string of the molecule is COc1ccccc1Oc1ccc(C(=O)N2CCN(c3ccc(F)cc3)CC2)o1. The third-order valence-corrected chi connectivity index (χ3v) is 4.83. The highest BCUT2D eigenvalue weighted by Crippen LogP contribution is 2.32. The largest absolute Gasteiger partial charge is 0.493 e. The summed E-state index contributed by atoms with van der Waals surface area (Å²) < 4.78 is 29.6. The maximum Gasteiger partial charge on any atom is 0.290 e. The summed E-state index contributed by atoms with van der Waals surface area (Å²) in [6, 6.07) is 16.8. The average molecular weight is 396 g/mol. The van der Waals surface area contributed by atoms with Crippen LogP contribution in [0.2, 0.25) is 0 Å². The second-order valence-corrected chi connectivity index (χ2v) is 6.63. The van der Waals surface area contributed by atoms with Gasteiger partial charge in [-0.05, 0) is 42.5 Å². The van der Waals surface area contributed by atoms with E-state index in [4.69, 9.17) is 13.9 Å². The van der Waals surface area contributed by atoms with Gasteiger partial charge in [0.05, 0.1) is 7.11 Å². The molecule has 29 heavy (non-hydrogen) atoms. The summed E-state index contributed by atoms with van der Waals surface area (Å²) >= 11 is 0. The molecule has 2 aromatic carbocycles. The molecule has 150 valence electrons. The predicted molar refractivity (Wildman–Crippen MR) is 106 cm³/mol. The number of amides is 1. The first kappa shape index (κ1) is 18.9. The van der Waals surface area contributed by atoms with E-state index in [0.29, 0.717) is 37.7 Å². The average Bonchev–Trinajstić information content (AvgIpc) is 3.23. The molecule has 0 N–H and O–H groups in total. The summed E-state index contributed by atoms with van der Waals surface area (Å²) in [4.78, 5) is 16.6. The van der Waals surface area contributed by atoms with Gasteiger partial charge in [0.2, 0.25) is 0 Å². The molecule has 3 aromatic rings. The number of rotatable bonds is 5. The van der Waals surface area contributed by atoms with Crippen molar-refractivity contribution in [1.29, 1.82) is 0 Å². The Morgan fingerprint density at radius 2 is 1.62 bits per heavy atom. The normalized spacial score (nSPS) is 14.0. The summed E-state index contributed by atoms with van der Waals surface area (Å²) in [6.07, 6.45) is 0. The van der Waals surface area contributed by atoms with Gasteiger partial charge < -0.3 is 23.7 Å². The minimum atomic E-state index is -0.258. The molecule has 0 radical (unpaired) electrons. The van der Waals surface area contributed by atoms with Crippen molar-refractivity contribution in [1.82, 2.24) is 4.90 Å². The number of hydrogen-bond donors (Lipinski definition) is 0.